The fourth-order valence-electron chi connectivity index (χ4n) is 1.71. The van der Waals surface area contributed by atoms with Crippen LogP contribution in [0.25, 0.3) is 6.08 Å². The standard InChI is InChI=1S/C17H22.C2H3F3.C2H6/c1-5-14(3)13-15(4)7-8-17-11-9-16(6-2)10-12-17;1-2(3,4)5;1-2/h5-6,9-13H,2,7-8H2,1,3-4H3;1H3;1-2H3/b14-5-,15-13-;;. The van der Waals surface area contributed by atoms with Gasteiger partial charge in [-0.2, -0.15) is 13.2 Å². The lowest BCUT2D eigenvalue weighted by Crippen LogP contribution is -1.95. The molecule has 1 rings (SSSR count). The minimum atomic E-state index is -4.00. The third kappa shape index (κ3) is 16.6. The van der Waals surface area contributed by atoms with E-state index in [0.29, 0.717) is 0 Å². The van der Waals surface area contributed by atoms with Crippen molar-refractivity contribution in [2.45, 2.75) is 60.6 Å². The number of alkyl halides is 3. The van der Waals surface area contributed by atoms with Crippen LogP contribution in [0.3, 0.4) is 0 Å². The van der Waals surface area contributed by atoms with Crippen molar-refractivity contribution in [2.75, 3.05) is 0 Å². The Kier molecular flexibility index (Phi) is 13.9. The maximum atomic E-state index is 10.4. The van der Waals surface area contributed by atoms with Gasteiger partial charge in [0.2, 0.25) is 0 Å². The van der Waals surface area contributed by atoms with Crippen molar-refractivity contribution in [1.29, 1.82) is 0 Å². The molecule has 0 radical (unpaired) electrons. The molecule has 0 aromatic heterocycles. The van der Waals surface area contributed by atoms with Gasteiger partial charge in [-0.1, -0.05) is 74.1 Å². The Hall–Kier alpha value is -1.77. The van der Waals surface area contributed by atoms with Crippen molar-refractivity contribution in [1.82, 2.24) is 0 Å². The molecular weight excluding hydrogens is 309 g/mol. The summed E-state index contributed by atoms with van der Waals surface area (Å²) in [4.78, 5) is 0. The average molecular weight is 340 g/mol. The zero-order chi connectivity index (χ0) is 19.2. The molecule has 24 heavy (non-hydrogen) atoms. The van der Waals surface area contributed by atoms with Crippen LogP contribution < -0.4 is 0 Å². The van der Waals surface area contributed by atoms with Gasteiger partial charge in [0.05, 0.1) is 0 Å². The zero-order valence-corrected chi connectivity index (χ0v) is 15.8. The minimum Gasteiger partial charge on any atom is -0.172 e. The molecule has 0 atom stereocenters. The molecule has 1 aromatic carbocycles. The summed E-state index contributed by atoms with van der Waals surface area (Å²) in [6.07, 6.45) is 4.51. The zero-order valence-electron chi connectivity index (χ0n) is 15.8. The van der Waals surface area contributed by atoms with Gasteiger partial charge in [-0.05, 0) is 44.7 Å². The number of benzene rings is 1. The highest BCUT2D eigenvalue weighted by Crippen LogP contribution is 2.12. The molecule has 0 unspecified atom stereocenters. The van der Waals surface area contributed by atoms with E-state index in [1.165, 1.54) is 22.3 Å². The monoisotopic (exact) mass is 340 g/mol. The number of hydrogen-bond donors (Lipinski definition) is 0. The number of allylic oxidation sites excluding steroid dienone is 4. The van der Waals surface area contributed by atoms with Crippen molar-refractivity contribution in [3.63, 3.8) is 0 Å². The fourth-order valence-corrected chi connectivity index (χ4v) is 1.71. The molecule has 3 heteroatoms. The van der Waals surface area contributed by atoms with Crippen molar-refractivity contribution in [3.8, 4) is 0 Å². The summed E-state index contributed by atoms with van der Waals surface area (Å²) >= 11 is 0. The largest absolute Gasteiger partial charge is 0.386 e. The molecule has 1 aromatic rings. The molecule has 0 fully saturated rings. The van der Waals surface area contributed by atoms with E-state index < -0.39 is 6.18 Å². The number of hydrogen-bond acceptors (Lipinski definition) is 0. The quantitative estimate of drug-likeness (QED) is 0.480. The van der Waals surface area contributed by atoms with Crippen LogP contribution in [0.4, 0.5) is 13.2 Å². The second-order valence-electron chi connectivity index (χ2n) is 5.25. The molecule has 0 nitrogen and oxygen atoms in total. The van der Waals surface area contributed by atoms with Crippen molar-refractivity contribution in [3.05, 3.63) is 65.3 Å². The molecule has 136 valence electrons. The van der Waals surface area contributed by atoms with Gasteiger partial charge >= 0.3 is 6.18 Å². The molecule has 0 aliphatic rings. The second-order valence-corrected chi connectivity index (χ2v) is 5.25. The Morgan fingerprint density at radius 1 is 1.08 bits per heavy atom. The molecule has 0 heterocycles. The molecule has 0 bridgehead atoms. The van der Waals surface area contributed by atoms with E-state index in [1.54, 1.807) is 0 Å². The van der Waals surface area contributed by atoms with E-state index in [1.807, 2.05) is 19.9 Å². The van der Waals surface area contributed by atoms with Crippen LogP contribution in [-0.4, -0.2) is 6.18 Å². The van der Waals surface area contributed by atoms with Gasteiger partial charge in [-0.15, -0.1) is 0 Å². The Labute approximate surface area is 145 Å². The Morgan fingerprint density at radius 3 is 1.92 bits per heavy atom. The molecule has 0 N–H and O–H groups in total. The Balaban J connectivity index is 0. The van der Waals surface area contributed by atoms with Crippen LogP contribution in [0.15, 0.2) is 54.1 Å². The fraction of sp³-hybridized carbons (Fsp3) is 0.429. The topological polar surface area (TPSA) is 0 Å². The van der Waals surface area contributed by atoms with Crippen LogP contribution in [-0.2, 0) is 6.42 Å². The van der Waals surface area contributed by atoms with Gasteiger partial charge in [0.15, 0.2) is 0 Å². The third-order valence-electron chi connectivity index (χ3n) is 2.95. The summed E-state index contributed by atoms with van der Waals surface area (Å²) in [5.74, 6) is 0. The Morgan fingerprint density at radius 2 is 1.54 bits per heavy atom. The van der Waals surface area contributed by atoms with Gasteiger partial charge in [0.1, 0.15) is 0 Å². The summed E-state index contributed by atoms with van der Waals surface area (Å²) in [7, 11) is 0. The molecule has 0 saturated heterocycles. The molecule has 0 spiro atoms. The summed E-state index contributed by atoms with van der Waals surface area (Å²) < 4.78 is 31.1. The highest BCUT2D eigenvalue weighted by Gasteiger charge is 2.15. The first kappa shape index (κ1) is 24.5. The van der Waals surface area contributed by atoms with Crippen molar-refractivity contribution >= 4 is 6.08 Å². The van der Waals surface area contributed by atoms with E-state index >= 15 is 0 Å². The van der Waals surface area contributed by atoms with E-state index in [-0.39, 0.29) is 6.92 Å². The first-order chi connectivity index (χ1) is 11.2. The smallest absolute Gasteiger partial charge is 0.172 e. The third-order valence-corrected chi connectivity index (χ3v) is 2.95. The van der Waals surface area contributed by atoms with Crippen LogP contribution in [0.2, 0.25) is 0 Å². The van der Waals surface area contributed by atoms with E-state index in [9.17, 15) is 13.2 Å². The maximum absolute atomic E-state index is 10.4. The van der Waals surface area contributed by atoms with Crippen molar-refractivity contribution < 1.29 is 13.2 Å². The maximum Gasteiger partial charge on any atom is 0.386 e. The van der Waals surface area contributed by atoms with Gasteiger partial charge in [0.25, 0.3) is 0 Å². The number of halogens is 3. The van der Waals surface area contributed by atoms with Gasteiger partial charge in [-0.3, -0.25) is 0 Å². The lowest BCUT2D eigenvalue weighted by molar-refractivity contribution is -0.110. The van der Waals surface area contributed by atoms with Crippen LogP contribution in [0.1, 0.15) is 59.1 Å². The Bertz CT molecular complexity index is 497. The molecule has 0 aliphatic heterocycles. The average Bonchev–Trinajstić information content (AvgIpc) is 2.53. The normalized spacial score (nSPS) is 11.7. The molecule has 0 aliphatic carbocycles. The summed E-state index contributed by atoms with van der Waals surface area (Å²) in [5, 5.41) is 0. The SMILES string of the molecule is C=Cc1ccc(CC/C(C)=C\C(C)=C/C)cc1.CC.CC(F)(F)F. The molecule has 0 amide bonds. The predicted octanol–water partition coefficient (Wildman–Crippen LogP) is 7.77. The first-order valence-electron chi connectivity index (χ1n) is 8.24. The first-order valence-corrected chi connectivity index (χ1v) is 8.24. The van der Waals surface area contributed by atoms with Crippen LogP contribution in [0.5, 0.6) is 0 Å². The van der Waals surface area contributed by atoms with Gasteiger partial charge in [-0.25, -0.2) is 0 Å². The summed E-state index contributed by atoms with van der Waals surface area (Å²) in [6, 6.07) is 8.62. The minimum absolute atomic E-state index is 0.188. The number of rotatable bonds is 5. The lowest BCUT2D eigenvalue weighted by atomic mass is 10.0. The number of aryl methyl sites for hydroxylation is 1. The predicted molar refractivity (Wildman–Crippen MR) is 101 cm³/mol. The molecular formula is C21H31F3. The van der Waals surface area contributed by atoms with E-state index in [0.717, 1.165) is 12.8 Å². The van der Waals surface area contributed by atoms with Crippen molar-refractivity contribution in [2.24, 2.45) is 0 Å². The summed E-state index contributed by atoms with van der Waals surface area (Å²) in [6.45, 7) is 14.4. The lowest BCUT2D eigenvalue weighted by Gasteiger charge is -2.03. The second kappa shape index (κ2) is 13.6. The highest BCUT2D eigenvalue weighted by molar-refractivity contribution is 5.47. The van der Waals surface area contributed by atoms with E-state index in [4.69, 9.17) is 0 Å². The van der Waals surface area contributed by atoms with Gasteiger partial charge < -0.3 is 0 Å². The van der Waals surface area contributed by atoms with Gasteiger partial charge in [0, 0.05) is 6.92 Å². The molecule has 0 saturated carbocycles. The van der Waals surface area contributed by atoms with Crippen LogP contribution in [0, 0.1) is 0 Å². The van der Waals surface area contributed by atoms with Crippen LogP contribution >= 0.6 is 0 Å². The highest BCUT2D eigenvalue weighted by atomic mass is 19.4. The van der Waals surface area contributed by atoms with E-state index in [2.05, 4.69) is 63.8 Å². The summed E-state index contributed by atoms with van der Waals surface area (Å²) in [5.41, 5.74) is 5.35.